The van der Waals surface area contributed by atoms with Crippen molar-refractivity contribution in [2.24, 2.45) is 14.1 Å². The first-order valence-electron chi connectivity index (χ1n) is 48.3. The molecule has 0 saturated heterocycles. The SMILES string of the molecule is CC.CC.CC.CC.CC.CC.CC.CC.CC.CC.CC.CP(=O)(c1ccccc1)c1ccccc1.Cc1cccc2nccnc12.Cc1ccnc2ccncc12.Cc1ccnc2cnccc12.Cc1nc2ccccc2n1C.Cc1nc2ccccc2n1C.Cc1nc2ccccn2c1C.Cc1nc2ccccn2c1C.Cc1nc2ncccn2c1C.Cc1nc2ncccn2c1C. The van der Waals surface area contributed by atoms with Gasteiger partial charge in [-0.2, -0.15) is 0 Å². The van der Waals surface area contributed by atoms with Crippen LogP contribution in [0, 0.1) is 90.0 Å². The Labute approximate surface area is 815 Å². The lowest BCUT2D eigenvalue weighted by Gasteiger charge is -2.13. The van der Waals surface area contributed by atoms with Gasteiger partial charge in [0.1, 0.15) is 30.1 Å². The number of nitrogens with zero attached hydrogens (tertiary/aromatic N) is 20. The number of imidazole rings is 6. The summed E-state index contributed by atoms with van der Waals surface area (Å²) in [6.45, 7) is 72.3. The van der Waals surface area contributed by atoms with Gasteiger partial charge in [0, 0.05) is 139 Å². The molecule has 136 heavy (non-hydrogen) atoms. The van der Waals surface area contributed by atoms with Crippen molar-refractivity contribution < 1.29 is 4.57 Å². The van der Waals surface area contributed by atoms with E-state index < -0.39 is 7.14 Å². The van der Waals surface area contributed by atoms with Crippen LogP contribution in [0.3, 0.4) is 0 Å². The Hall–Kier alpha value is -13.7. The van der Waals surface area contributed by atoms with Crippen molar-refractivity contribution in [3.05, 3.63) is 361 Å². The van der Waals surface area contributed by atoms with E-state index in [1.165, 1.54) is 44.5 Å². The molecule has 0 fully saturated rings. The summed E-state index contributed by atoms with van der Waals surface area (Å²) in [5, 5.41) is 4.14. The molecular formula is C114H161N20OP. The fraction of sp³-hybridized carbons (Fsp3) is 0.333. The van der Waals surface area contributed by atoms with Crippen molar-refractivity contribution in [2.75, 3.05) is 6.66 Å². The molecule has 0 spiro atoms. The van der Waals surface area contributed by atoms with Crippen LogP contribution >= 0.6 is 7.14 Å². The molecular weight excluding hydrogens is 1700 g/mol. The monoisotopic (exact) mass is 1860 g/mol. The van der Waals surface area contributed by atoms with Crippen molar-refractivity contribution in [1.29, 1.82) is 0 Å². The maximum absolute atomic E-state index is 12.6. The van der Waals surface area contributed by atoms with E-state index in [9.17, 15) is 4.57 Å². The van der Waals surface area contributed by atoms with E-state index in [1.54, 1.807) is 49.6 Å². The smallest absolute Gasteiger partial charge is 0.234 e. The van der Waals surface area contributed by atoms with Crippen molar-refractivity contribution in [3.8, 4) is 0 Å². The summed E-state index contributed by atoms with van der Waals surface area (Å²) < 4.78 is 25.0. The number of fused-ring (bicyclic) bond motifs is 9. The van der Waals surface area contributed by atoms with Crippen LogP contribution in [0.1, 0.15) is 226 Å². The van der Waals surface area contributed by atoms with Crippen molar-refractivity contribution in [2.45, 2.75) is 242 Å². The lowest BCUT2D eigenvalue weighted by atomic mass is 10.2. The molecule has 20 rings (SSSR count). The zero-order valence-electron chi connectivity index (χ0n) is 89.4. The van der Waals surface area contributed by atoms with Crippen LogP contribution in [-0.4, -0.2) is 103 Å². The average molecular weight is 1860 g/mol. The van der Waals surface area contributed by atoms with Gasteiger partial charge in [-0.3, -0.25) is 38.7 Å². The van der Waals surface area contributed by atoms with Gasteiger partial charge in [-0.05, 0) is 204 Å². The molecule has 0 radical (unpaired) electrons. The third-order valence-corrected chi connectivity index (χ3v) is 22.1. The summed E-state index contributed by atoms with van der Waals surface area (Å²) in [4.78, 5) is 59.1. The highest BCUT2D eigenvalue weighted by Crippen LogP contribution is 2.38. The van der Waals surface area contributed by atoms with Crippen molar-refractivity contribution in [3.63, 3.8) is 0 Å². The lowest BCUT2D eigenvalue weighted by molar-refractivity contribution is 0.590. The minimum Gasteiger partial charge on any atom is -0.331 e. The van der Waals surface area contributed by atoms with Crippen LogP contribution in [-0.2, 0) is 18.7 Å². The predicted molar refractivity (Wildman–Crippen MR) is 588 cm³/mol. The third kappa shape index (κ3) is 37.0. The van der Waals surface area contributed by atoms with Crippen LogP contribution in [0.15, 0.2) is 287 Å². The first-order chi connectivity index (χ1) is 66.1. The molecule has 0 atom stereocenters. The molecule has 22 heteroatoms. The van der Waals surface area contributed by atoms with E-state index in [4.69, 9.17) is 0 Å². The zero-order chi connectivity index (χ0) is 103. The highest BCUT2D eigenvalue weighted by Gasteiger charge is 2.20. The fourth-order valence-electron chi connectivity index (χ4n) is 12.2. The Morgan fingerprint density at radius 2 is 0.596 bits per heavy atom. The van der Waals surface area contributed by atoms with E-state index in [0.717, 1.165) is 118 Å². The van der Waals surface area contributed by atoms with Gasteiger partial charge in [0.15, 0.2) is 0 Å². The van der Waals surface area contributed by atoms with Crippen molar-refractivity contribution in [1.82, 2.24) is 96.5 Å². The quantitative estimate of drug-likeness (QED) is 0.147. The van der Waals surface area contributed by atoms with Gasteiger partial charge in [0.2, 0.25) is 11.6 Å². The Kier molecular flexibility index (Phi) is 63.1. The first kappa shape index (κ1) is 122. The molecule has 0 aliphatic rings. The molecule has 0 unspecified atom stereocenters. The Balaban J connectivity index is 0.00000146. The number of hydrogen-bond acceptors (Lipinski definition) is 15. The van der Waals surface area contributed by atoms with E-state index >= 15 is 0 Å². The molecule has 0 aliphatic heterocycles. The molecule has 15 heterocycles. The molecule has 0 N–H and O–H groups in total. The number of rotatable bonds is 2. The largest absolute Gasteiger partial charge is 0.331 e. The summed E-state index contributed by atoms with van der Waals surface area (Å²) in [7, 11) is 1.67. The maximum atomic E-state index is 12.6. The van der Waals surface area contributed by atoms with Gasteiger partial charge in [-0.15, -0.1) is 0 Å². The second-order valence-electron chi connectivity index (χ2n) is 27.1. The Bertz CT molecular complexity index is 5760. The molecule has 0 aliphatic carbocycles. The molecule has 20 aromatic rings. The second-order valence-corrected chi connectivity index (χ2v) is 30.0. The first-order valence-corrected chi connectivity index (χ1v) is 50.5. The number of pyridine rings is 6. The van der Waals surface area contributed by atoms with Gasteiger partial charge < -0.3 is 22.5 Å². The summed E-state index contributed by atoms with van der Waals surface area (Å²) in [5.41, 5.74) is 23.3. The van der Waals surface area contributed by atoms with Crippen LogP contribution in [0.25, 0.3) is 77.8 Å². The standard InChI is InChI=1S/C13H13OP.4C9H10N2.3C9H8N2.2C8H9N3.11C2H6/c1-15(14,12-8-4-2-5-9-12)13-10-6-3-7-11-13;2*1-7-10-8-5-3-4-6-9(8)11(7)2;2*1-7-8(2)11-6-4-3-5-9(11)10-7;1-7-2-5-11-9-3-4-10-6-8(7)9;1-7-2-5-11-9-6-10-4-3-8(7)9;1-7-3-2-4-8-9(7)11-6-5-10-8;2*1-6-7(2)11-5-3-4-9-8(11)10-6;11*1-2/h2-11H,1H3;4*3-6H,1-2H3;3*2-6H,1H3;2*3-5H,1-2H3;11*1-2H3. The molecule has 21 nitrogen and oxygen atoms in total. The summed E-state index contributed by atoms with van der Waals surface area (Å²) in [5.74, 6) is 3.68. The molecule has 0 bridgehead atoms. The minimum absolute atomic E-state index is 0.780. The number of hydrogen-bond donors (Lipinski definition) is 0. The number of benzene rings is 5. The highest BCUT2D eigenvalue weighted by molar-refractivity contribution is 7.78. The Morgan fingerprint density at radius 3 is 0.993 bits per heavy atom. The summed E-state index contributed by atoms with van der Waals surface area (Å²) in [6.07, 6.45) is 25.7. The van der Waals surface area contributed by atoms with Crippen molar-refractivity contribution >= 4 is 95.5 Å². The second kappa shape index (κ2) is 70.1. The maximum Gasteiger partial charge on any atom is 0.234 e. The van der Waals surface area contributed by atoms with E-state index in [2.05, 4.69) is 128 Å². The van der Waals surface area contributed by atoms with Crippen LogP contribution in [0.4, 0.5) is 0 Å². The van der Waals surface area contributed by atoms with Gasteiger partial charge in [0.05, 0.1) is 73.1 Å². The van der Waals surface area contributed by atoms with E-state index in [0.29, 0.717) is 0 Å². The summed E-state index contributed by atoms with van der Waals surface area (Å²) in [6, 6.07) is 65.3. The Morgan fingerprint density at radius 1 is 0.250 bits per heavy atom. The lowest BCUT2D eigenvalue weighted by Crippen LogP contribution is -2.14. The van der Waals surface area contributed by atoms with Gasteiger partial charge in [-0.1, -0.05) is 262 Å². The van der Waals surface area contributed by atoms with E-state index in [1.807, 2.05) is 469 Å². The van der Waals surface area contributed by atoms with E-state index in [-0.39, 0.29) is 0 Å². The minimum atomic E-state index is -2.40. The topological polar surface area (TPSA) is 225 Å². The van der Waals surface area contributed by atoms with Gasteiger partial charge in [-0.25, -0.2) is 39.9 Å². The fourth-order valence-corrected chi connectivity index (χ4v) is 14.0. The van der Waals surface area contributed by atoms with Crippen LogP contribution in [0.5, 0.6) is 0 Å². The molecule has 0 amide bonds. The summed E-state index contributed by atoms with van der Waals surface area (Å²) >= 11 is 0. The van der Waals surface area contributed by atoms with Gasteiger partial charge in [0.25, 0.3) is 0 Å². The number of aryl methyl sites for hydroxylation is 15. The average Bonchev–Trinajstić information content (AvgIpc) is 1.81. The molecule has 5 aromatic carbocycles. The normalized spacial score (nSPS) is 9.43. The number of aromatic nitrogens is 20. The molecule has 728 valence electrons. The molecule has 15 aromatic heterocycles. The zero-order valence-corrected chi connectivity index (χ0v) is 90.3. The predicted octanol–water partition coefficient (Wildman–Crippen LogP) is 30.1. The van der Waals surface area contributed by atoms with Gasteiger partial charge >= 0.3 is 0 Å². The highest BCUT2D eigenvalue weighted by atomic mass is 31.2. The molecule has 0 saturated carbocycles. The van der Waals surface area contributed by atoms with Crippen LogP contribution in [0.2, 0.25) is 0 Å². The third-order valence-electron chi connectivity index (χ3n) is 19.5. The van der Waals surface area contributed by atoms with Crippen LogP contribution < -0.4 is 10.6 Å². The number of para-hydroxylation sites is 5.